The van der Waals surface area contributed by atoms with Gasteiger partial charge in [-0.25, -0.2) is 0 Å². The van der Waals surface area contributed by atoms with Gasteiger partial charge >= 0.3 is 0 Å². The lowest BCUT2D eigenvalue weighted by Gasteiger charge is -2.23. The number of likely N-dealkylation sites (N-methyl/N-ethyl adjacent to an activating group) is 1. The summed E-state index contributed by atoms with van der Waals surface area (Å²) in [5.74, 6) is 0. The molecule has 1 aromatic rings. The first-order valence-electron chi connectivity index (χ1n) is 7.20. The average Bonchev–Trinajstić information content (AvgIpc) is 2.67. The minimum atomic E-state index is 0. The minimum Gasteiger partial charge on any atom is -0.347 e. The Balaban J connectivity index is 0.00000132. The number of hydrogen-bond donors (Lipinski definition) is 1. The Kier molecular flexibility index (Phi) is 6.04. The van der Waals surface area contributed by atoms with E-state index in [1.54, 1.807) is 0 Å². The van der Waals surface area contributed by atoms with E-state index in [0.717, 1.165) is 5.57 Å². The van der Waals surface area contributed by atoms with Gasteiger partial charge in [0.25, 0.3) is 0 Å². The van der Waals surface area contributed by atoms with Crippen LogP contribution in [0.15, 0.2) is 72.0 Å². The molecular formula is C19H22Cl2N2. The van der Waals surface area contributed by atoms with Crippen molar-refractivity contribution in [2.75, 3.05) is 11.9 Å². The zero-order valence-corrected chi connectivity index (χ0v) is 15.2. The highest BCUT2D eigenvalue weighted by molar-refractivity contribution is 6.03. The molecule has 1 aliphatic carbocycles. The van der Waals surface area contributed by atoms with Crippen LogP contribution in [0.5, 0.6) is 0 Å². The number of nitrogens with zero attached hydrogens (tertiary/aromatic N) is 1. The predicted molar refractivity (Wildman–Crippen MR) is 105 cm³/mol. The normalized spacial score (nSPS) is 19.3. The van der Waals surface area contributed by atoms with Crippen molar-refractivity contribution in [1.82, 2.24) is 0 Å². The van der Waals surface area contributed by atoms with E-state index < -0.39 is 0 Å². The zero-order chi connectivity index (χ0) is 15.0. The topological polar surface area (TPSA) is 27.1 Å². The highest BCUT2D eigenvalue weighted by atomic mass is 35.5. The van der Waals surface area contributed by atoms with Crippen molar-refractivity contribution in [1.29, 1.82) is 5.41 Å². The molecule has 0 bridgehead atoms. The van der Waals surface area contributed by atoms with Gasteiger partial charge in [0.2, 0.25) is 0 Å². The van der Waals surface area contributed by atoms with Crippen LogP contribution in [0, 0.1) is 5.41 Å². The lowest BCUT2D eigenvalue weighted by molar-refractivity contribution is 0.640. The van der Waals surface area contributed by atoms with E-state index in [2.05, 4.69) is 62.2 Å². The van der Waals surface area contributed by atoms with Crippen molar-refractivity contribution < 1.29 is 0 Å². The van der Waals surface area contributed by atoms with Crippen LogP contribution in [0.4, 0.5) is 5.69 Å². The molecule has 0 fully saturated rings. The Morgan fingerprint density at radius 3 is 2.17 bits per heavy atom. The van der Waals surface area contributed by atoms with Gasteiger partial charge in [-0.2, -0.15) is 0 Å². The summed E-state index contributed by atoms with van der Waals surface area (Å²) in [5, 5.41) is 7.54. The first-order valence-corrected chi connectivity index (χ1v) is 7.20. The quantitative estimate of drug-likeness (QED) is 0.740. The summed E-state index contributed by atoms with van der Waals surface area (Å²) in [4.78, 5) is 2.27. The number of benzene rings is 1. The van der Waals surface area contributed by atoms with Crippen LogP contribution < -0.4 is 4.90 Å². The van der Waals surface area contributed by atoms with Gasteiger partial charge in [0.15, 0.2) is 0 Å². The smallest absolute Gasteiger partial charge is 0.0540 e. The molecule has 3 rings (SSSR count). The van der Waals surface area contributed by atoms with Crippen LogP contribution in [-0.2, 0) is 5.41 Å². The molecule has 122 valence electrons. The van der Waals surface area contributed by atoms with Crippen LogP contribution in [-0.4, -0.2) is 12.8 Å². The fourth-order valence-corrected chi connectivity index (χ4v) is 3.07. The van der Waals surface area contributed by atoms with E-state index in [-0.39, 0.29) is 30.2 Å². The maximum atomic E-state index is 7.54. The predicted octanol–water partition coefficient (Wildman–Crippen LogP) is 5.21. The first-order chi connectivity index (χ1) is 10.00. The Labute approximate surface area is 150 Å². The Hall–Kier alpha value is -1.77. The number of allylic oxidation sites excluding steroid dienone is 8. The second-order valence-electron chi connectivity index (χ2n) is 6.04. The molecule has 1 aromatic carbocycles. The van der Waals surface area contributed by atoms with Crippen LogP contribution in [0.2, 0.25) is 0 Å². The molecule has 0 unspecified atom stereocenters. The number of anilines is 1. The molecule has 0 aromatic heterocycles. The van der Waals surface area contributed by atoms with Crippen LogP contribution in [0.3, 0.4) is 0 Å². The minimum absolute atomic E-state index is 0. The first kappa shape index (κ1) is 19.3. The maximum Gasteiger partial charge on any atom is 0.0540 e. The van der Waals surface area contributed by atoms with E-state index in [0.29, 0.717) is 5.71 Å². The zero-order valence-electron chi connectivity index (χ0n) is 13.5. The molecule has 0 atom stereocenters. The molecule has 0 saturated heterocycles. The Morgan fingerprint density at radius 2 is 1.57 bits per heavy atom. The van der Waals surface area contributed by atoms with Gasteiger partial charge in [-0.1, -0.05) is 50.3 Å². The molecule has 0 saturated carbocycles. The molecule has 1 aliphatic heterocycles. The molecule has 2 aliphatic rings. The second kappa shape index (κ2) is 7.20. The number of fused-ring (bicyclic) bond motifs is 1. The average molecular weight is 349 g/mol. The monoisotopic (exact) mass is 348 g/mol. The lowest BCUT2D eigenvalue weighted by Crippen LogP contribution is -2.22. The van der Waals surface area contributed by atoms with Crippen LogP contribution in [0.25, 0.3) is 0 Å². The summed E-state index contributed by atoms with van der Waals surface area (Å²) in [6.45, 7) is 4.53. The third-order valence-electron chi connectivity index (χ3n) is 4.28. The third kappa shape index (κ3) is 3.44. The van der Waals surface area contributed by atoms with E-state index >= 15 is 0 Å². The fraction of sp³-hybridized carbons (Fsp3) is 0.211. The number of para-hydroxylation sites is 1. The van der Waals surface area contributed by atoms with Crippen molar-refractivity contribution in [3.05, 3.63) is 77.6 Å². The van der Waals surface area contributed by atoms with Crippen molar-refractivity contribution in [2.45, 2.75) is 19.3 Å². The van der Waals surface area contributed by atoms with Crippen molar-refractivity contribution in [3.63, 3.8) is 0 Å². The second-order valence-corrected chi connectivity index (χ2v) is 6.04. The van der Waals surface area contributed by atoms with Crippen molar-refractivity contribution >= 4 is 36.2 Å². The van der Waals surface area contributed by atoms with Crippen LogP contribution >= 0.6 is 24.8 Å². The summed E-state index contributed by atoms with van der Waals surface area (Å²) in [5.41, 5.74) is 5.62. The van der Waals surface area contributed by atoms with Crippen molar-refractivity contribution in [3.8, 4) is 0 Å². The van der Waals surface area contributed by atoms with E-state index in [4.69, 9.17) is 5.41 Å². The van der Waals surface area contributed by atoms with Gasteiger partial charge in [0, 0.05) is 23.8 Å². The number of halogens is 2. The molecule has 1 heterocycles. The summed E-state index contributed by atoms with van der Waals surface area (Å²) in [6.07, 6.45) is 11.9. The molecule has 1 N–H and O–H groups in total. The van der Waals surface area contributed by atoms with Gasteiger partial charge in [0.1, 0.15) is 0 Å². The summed E-state index contributed by atoms with van der Waals surface area (Å²) in [7, 11) is 2.13. The maximum absolute atomic E-state index is 7.54. The highest BCUT2D eigenvalue weighted by Gasteiger charge is 2.37. The molecule has 2 nitrogen and oxygen atoms in total. The largest absolute Gasteiger partial charge is 0.347 e. The number of hydrogen-bond acceptors (Lipinski definition) is 2. The Morgan fingerprint density at radius 1 is 0.957 bits per heavy atom. The number of nitrogens with one attached hydrogen (secondary N) is 1. The fourth-order valence-electron chi connectivity index (χ4n) is 3.07. The summed E-state index contributed by atoms with van der Waals surface area (Å²) >= 11 is 0. The van der Waals surface area contributed by atoms with Crippen molar-refractivity contribution in [2.24, 2.45) is 0 Å². The van der Waals surface area contributed by atoms with Gasteiger partial charge in [-0.3, -0.25) is 0 Å². The van der Waals surface area contributed by atoms with Crippen LogP contribution in [0.1, 0.15) is 19.4 Å². The van der Waals surface area contributed by atoms with Gasteiger partial charge in [0.05, 0.1) is 5.71 Å². The number of rotatable bonds is 1. The van der Waals surface area contributed by atoms with E-state index in [9.17, 15) is 0 Å². The molecule has 23 heavy (non-hydrogen) atoms. The SMILES string of the molecule is CN1/C(=C\C=C2C=CC(=N)C=C2)C(C)(C)c2ccccc21.Cl.Cl. The Bertz CT molecular complexity index is 707. The van der Waals surface area contributed by atoms with Gasteiger partial charge in [-0.15, -0.1) is 24.8 Å². The molecule has 0 spiro atoms. The molecule has 0 amide bonds. The molecule has 0 radical (unpaired) electrons. The molecule has 4 heteroatoms. The third-order valence-corrected chi connectivity index (χ3v) is 4.28. The van der Waals surface area contributed by atoms with E-state index in [1.165, 1.54) is 16.9 Å². The van der Waals surface area contributed by atoms with Gasteiger partial charge in [-0.05, 0) is 35.4 Å². The lowest BCUT2D eigenvalue weighted by atomic mass is 9.83. The highest BCUT2D eigenvalue weighted by Crippen LogP contribution is 2.46. The van der Waals surface area contributed by atoms with E-state index in [1.807, 2.05) is 24.3 Å². The standard InChI is InChI=1S/C19H20N2.2ClH/c1-19(2)16-6-4-5-7-17(16)21(3)18(19)13-10-14-8-11-15(20)12-9-14;;/h4-13,20H,1-3H3;2*1H/b14-10?,18-13-,20-15?;;. The van der Waals surface area contributed by atoms with Gasteiger partial charge < -0.3 is 10.3 Å². The summed E-state index contributed by atoms with van der Waals surface area (Å²) in [6, 6.07) is 8.58. The molecular weight excluding hydrogens is 327 g/mol. The summed E-state index contributed by atoms with van der Waals surface area (Å²) < 4.78 is 0.